The molecule has 130 valence electrons. The number of hydrogen-bond acceptors (Lipinski definition) is 2. The average molecular weight is 326 g/mol. The molecule has 0 bridgehead atoms. The Morgan fingerprint density at radius 3 is 2.83 bits per heavy atom. The fourth-order valence-electron chi connectivity index (χ4n) is 8.69. The van der Waals surface area contributed by atoms with E-state index in [1.807, 2.05) is 6.08 Å². The fourth-order valence-corrected chi connectivity index (χ4v) is 8.69. The highest BCUT2D eigenvalue weighted by Crippen LogP contribution is 2.78. The number of rotatable bonds is 0. The normalized spacial score (nSPS) is 57.9. The zero-order valence-electron chi connectivity index (χ0n) is 14.9. The number of hydrogen-bond donors (Lipinski definition) is 0. The largest absolute Gasteiger partial charge is 0.374 e. The molecule has 5 fully saturated rings. The third kappa shape index (κ3) is 1.56. The van der Waals surface area contributed by atoms with Crippen LogP contribution in [0.2, 0.25) is 0 Å². The van der Waals surface area contributed by atoms with E-state index >= 15 is 0 Å². The molecule has 24 heavy (non-hydrogen) atoms. The lowest BCUT2D eigenvalue weighted by atomic mass is 9.49. The molecule has 0 aromatic carbocycles. The van der Waals surface area contributed by atoms with Gasteiger partial charge in [-0.05, 0) is 93.0 Å². The lowest BCUT2D eigenvalue weighted by Crippen LogP contribution is -2.54. The Labute approximate surface area is 145 Å². The number of ketones is 1. The van der Waals surface area contributed by atoms with Crippen LogP contribution in [-0.2, 0) is 9.53 Å². The molecule has 4 saturated carbocycles. The van der Waals surface area contributed by atoms with Crippen molar-refractivity contribution in [1.29, 1.82) is 0 Å². The minimum Gasteiger partial charge on any atom is -0.374 e. The topological polar surface area (TPSA) is 26.3 Å². The maximum absolute atomic E-state index is 11.8. The van der Waals surface area contributed by atoms with E-state index in [2.05, 4.69) is 6.92 Å². The van der Waals surface area contributed by atoms with E-state index in [1.165, 1.54) is 50.5 Å². The highest BCUT2D eigenvalue weighted by Gasteiger charge is 2.76. The Balaban J connectivity index is 1.37. The molecular formula is C22H30O2. The van der Waals surface area contributed by atoms with Crippen molar-refractivity contribution < 1.29 is 9.53 Å². The molecule has 8 atom stereocenters. The lowest BCUT2D eigenvalue weighted by molar-refractivity contribution is -0.147. The smallest absolute Gasteiger partial charge is 0.155 e. The molecule has 0 amide bonds. The molecular weight excluding hydrogens is 296 g/mol. The second-order valence-electron chi connectivity index (χ2n) is 10.0. The van der Waals surface area contributed by atoms with Crippen LogP contribution in [0.15, 0.2) is 11.6 Å². The van der Waals surface area contributed by atoms with Gasteiger partial charge in [0, 0.05) is 18.4 Å². The standard InChI is InChI=1S/C22H30O2/c1-21-9-7-16-15-6-4-14(23)11-13(15)3-5-17(16)20(21)18-12-19(18)22(21)8-2-10-24-22/h11,15-20H,2-10,12H2,1H3/t15-,16?,17?,18?,19?,20?,21-,22-/m0/s1. The monoisotopic (exact) mass is 326 g/mol. The summed E-state index contributed by atoms with van der Waals surface area (Å²) in [6.45, 7) is 3.62. The van der Waals surface area contributed by atoms with Crippen molar-refractivity contribution in [2.24, 2.45) is 40.9 Å². The molecule has 1 spiro atoms. The Morgan fingerprint density at radius 1 is 1.08 bits per heavy atom. The molecule has 5 aliphatic carbocycles. The molecule has 6 rings (SSSR count). The van der Waals surface area contributed by atoms with Crippen molar-refractivity contribution in [2.75, 3.05) is 6.61 Å². The maximum Gasteiger partial charge on any atom is 0.155 e. The van der Waals surface area contributed by atoms with Crippen LogP contribution in [0.1, 0.15) is 64.7 Å². The summed E-state index contributed by atoms with van der Waals surface area (Å²) in [5.74, 6) is 5.69. The fraction of sp³-hybridized carbons (Fsp3) is 0.864. The molecule has 1 heterocycles. The average Bonchev–Trinajstić information content (AvgIpc) is 3.13. The van der Waals surface area contributed by atoms with Crippen LogP contribution in [0, 0.1) is 40.9 Å². The van der Waals surface area contributed by atoms with Crippen molar-refractivity contribution in [2.45, 2.75) is 70.3 Å². The SMILES string of the molecule is C[C@]12CCC3C(CCC4=CC(=O)CC[C@@H]43)C1C1CC1[C@@]21CCCO1. The number of carbonyl (C=O) groups is 1. The van der Waals surface area contributed by atoms with Crippen LogP contribution in [0.5, 0.6) is 0 Å². The second-order valence-corrected chi connectivity index (χ2v) is 10.0. The lowest BCUT2D eigenvalue weighted by Gasteiger charge is -2.57. The van der Waals surface area contributed by atoms with Crippen molar-refractivity contribution in [3.8, 4) is 0 Å². The third-order valence-corrected chi connectivity index (χ3v) is 9.47. The summed E-state index contributed by atoms with van der Waals surface area (Å²) in [7, 11) is 0. The molecule has 2 nitrogen and oxygen atoms in total. The summed E-state index contributed by atoms with van der Waals surface area (Å²) in [5.41, 5.74) is 2.23. The first-order valence-electron chi connectivity index (χ1n) is 10.5. The number of allylic oxidation sites excluding steroid dienone is 1. The van der Waals surface area contributed by atoms with Crippen LogP contribution in [0.4, 0.5) is 0 Å². The van der Waals surface area contributed by atoms with Gasteiger partial charge in [0.15, 0.2) is 5.78 Å². The van der Waals surface area contributed by atoms with Gasteiger partial charge in [-0.1, -0.05) is 12.5 Å². The van der Waals surface area contributed by atoms with Gasteiger partial charge in [0.2, 0.25) is 0 Å². The molecule has 0 radical (unpaired) electrons. The second kappa shape index (κ2) is 4.55. The van der Waals surface area contributed by atoms with Crippen molar-refractivity contribution in [3.05, 3.63) is 11.6 Å². The Hall–Kier alpha value is -0.630. The molecule has 0 aromatic heterocycles. The summed E-state index contributed by atoms with van der Waals surface area (Å²) in [5, 5.41) is 0. The Bertz CT molecular complexity index is 628. The Morgan fingerprint density at radius 2 is 2.00 bits per heavy atom. The molecule has 0 aromatic rings. The summed E-state index contributed by atoms with van der Waals surface area (Å²) in [6.07, 6.45) is 13.4. The van der Waals surface area contributed by atoms with Gasteiger partial charge in [0.1, 0.15) is 0 Å². The van der Waals surface area contributed by atoms with E-state index < -0.39 is 0 Å². The summed E-state index contributed by atoms with van der Waals surface area (Å²) in [4.78, 5) is 11.8. The van der Waals surface area contributed by atoms with Crippen molar-refractivity contribution >= 4 is 5.78 Å². The van der Waals surface area contributed by atoms with Gasteiger partial charge in [-0.3, -0.25) is 4.79 Å². The number of ether oxygens (including phenoxy) is 1. The van der Waals surface area contributed by atoms with Crippen LogP contribution in [-0.4, -0.2) is 18.0 Å². The van der Waals surface area contributed by atoms with Gasteiger partial charge in [-0.2, -0.15) is 0 Å². The molecule has 1 saturated heterocycles. The van der Waals surface area contributed by atoms with Crippen LogP contribution in [0.25, 0.3) is 0 Å². The third-order valence-electron chi connectivity index (χ3n) is 9.47. The summed E-state index contributed by atoms with van der Waals surface area (Å²) in [6, 6.07) is 0. The first-order chi connectivity index (χ1) is 11.6. The van der Waals surface area contributed by atoms with Gasteiger partial charge in [-0.15, -0.1) is 0 Å². The first-order valence-corrected chi connectivity index (χ1v) is 10.5. The summed E-state index contributed by atoms with van der Waals surface area (Å²) >= 11 is 0. The predicted molar refractivity (Wildman–Crippen MR) is 92.4 cm³/mol. The van der Waals surface area contributed by atoms with Crippen molar-refractivity contribution in [1.82, 2.24) is 0 Å². The first kappa shape index (κ1) is 14.5. The van der Waals surface area contributed by atoms with Crippen LogP contribution in [0.3, 0.4) is 0 Å². The Kier molecular flexibility index (Phi) is 2.76. The molecule has 6 aliphatic rings. The minimum absolute atomic E-state index is 0.256. The van der Waals surface area contributed by atoms with E-state index in [0.29, 0.717) is 11.2 Å². The van der Waals surface area contributed by atoms with E-state index in [-0.39, 0.29) is 5.60 Å². The molecule has 2 heteroatoms. The van der Waals surface area contributed by atoms with E-state index in [1.54, 1.807) is 0 Å². The van der Waals surface area contributed by atoms with Gasteiger partial charge in [0.25, 0.3) is 0 Å². The van der Waals surface area contributed by atoms with E-state index in [4.69, 9.17) is 4.74 Å². The van der Waals surface area contributed by atoms with E-state index in [0.717, 1.165) is 55.0 Å². The molecule has 0 N–H and O–H groups in total. The predicted octanol–water partition coefficient (Wildman–Crippen LogP) is 4.53. The highest BCUT2D eigenvalue weighted by atomic mass is 16.5. The minimum atomic E-state index is 0.256. The quantitative estimate of drug-likeness (QED) is 0.653. The number of fused-ring (bicyclic) bond motifs is 9. The van der Waals surface area contributed by atoms with Gasteiger partial charge >= 0.3 is 0 Å². The maximum atomic E-state index is 11.8. The zero-order valence-corrected chi connectivity index (χ0v) is 14.9. The molecule has 5 unspecified atom stereocenters. The molecule has 1 aliphatic heterocycles. The van der Waals surface area contributed by atoms with Crippen LogP contribution < -0.4 is 0 Å². The highest BCUT2D eigenvalue weighted by molar-refractivity contribution is 5.91. The number of carbonyl (C=O) groups excluding carboxylic acids is 1. The zero-order chi connectivity index (χ0) is 16.1. The van der Waals surface area contributed by atoms with Gasteiger partial charge in [0.05, 0.1) is 5.60 Å². The van der Waals surface area contributed by atoms with Crippen molar-refractivity contribution in [3.63, 3.8) is 0 Å². The van der Waals surface area contributed by atoms with Gasteiger partial charge < -0.3 is 4.74 Å². The van der Waals surface area contributed by atoms with Gasteiger partial charge in [-0.25, -0.2) is 0 Å². The summed E-state index contributed by atoms with van der Waals surface area (Å²) < 4.78 is 6.57. The van der Waals surface area contributed by atoms with E-state index in [9.17, 15) is 4.79 Å². The van der Waals surface area contributed by atoms with Crippen LogP contribution >= 0.6 is 0 Å².